The molecule has 0 aromatic heterocycles. The summed E-state index contributed by atoms with van der Waals surface area (Å²) in [4.78, 5) is 2.53. The van der Waals surface area contributed by atoms with Crippen molar-refractivity contribution in [2.45, 2.75) is 76.3 Å². The van der Waals surface area contributed by atoms with Crippen LogP contribution >= 0.6 is 0 Å². The fourth-order valence-electron chi connectivity index (χ4n) is 4.90. The Kier molecular flexibility index (Phi) is 5.30. The first-order valence-electron chi connectivity index (χ1n) is 8.48. The molecule has 0 saturated heterocycles. The van der Waals surface area contributed by atoms with E-state index in [1.54, 1.807) is 0 Å². The number of likely N-dealkylation sites (N-methyl/N-ethyl adjacent to an activating group) is 2. The van der Waals surface area contributed by atoms with Crippen LogP contribution < -0.4 is 5.32 Å². The molecule has 2 rings (SSSR count). The van der Waals surface area contributed by atoms with Gasteiger partial charge in [0, 0.05) is 11.6 Å². The van der Waals surface area contributed by atoms with E-state index in [9.17, 15) is 0 Å². The lowest BCUT2D eigenvalue weighted by molar-refractivity contribution is 0.0590. The lowest BCUT2D eigenvalue weighted by Crippen LogP contribution is -2.60. The summed E-state index contributed by atoms with van der Waals surface area (Å²) in [7, 11) is 6.79. The lowest BCUT2D eigenvalue weighted by atomic mass is 9.71. The Bertz CT molecular complexity index is 260. The van der Waals surface area contributed by atoms with Crippen LogP contribution in [0.25, 0.3) is 0 Å². The van der Waals surface area contributed by atoms with Gasteiger partial charge in [0.2, 0.25) is 0 Å². The molecule has 1 atom stereocenters. The molecule has 2 fully saturated rings. The minimum Gasteiger partial charge on any atom is -0.315 e. The van der Waals surface area contributed by atoms with Crippen molar-refractivity contribution in [3.8, 4) is 0 Å². The van der Waals surface area contributed by atoms with Gasteiger partial charge in [0.25, 0.3) is 0 Å². The molecule has 0 spiro atoms. The highest BCUT2D eigenvalue weighted by Gasteiger charge is 2.46. The molecule has 0 aromatic carbocycles. The second-order valence-electron chi connectivity index (χ2n) is 7.16. The van der Waals surface area contributed by atoms with Crippen molar-refractivity contribution in [1.29, 1.82) is 0 Å². The summed E-state index contributed by atoms with van der Waals surface area (Å²) < 4.78 is 0. The van der Waals surface area contributed by atoms with Crippen LogP contribution in [-0.2, 0) is 0 Å². The highest BCUT2D eigenvalue weighted by molar-refractivity contribution is 5.04. The topological polar surface area (TPSA) is 15.3 Å². The largest absolute Gasteiger partial charge is 0.315 e. The maximum atomic E-state index is 3.73. The monoisotopic (exact) mass is 266 g/mol. The summed E-state index contributed by atoms with van der Waals surface area (Å²) in [5, 5.41) is 3.73. The molecule has 0 bridgehead atoms. The van der Waals surface area contributed by atoms with E-state index in [1.165, 1.54) is 57.8 Å². The van der Waals surface area contributed by atoms with Crippen LogP contribution in [0.3, 0.4) is 0 Å². The summed E-state index contributed by atoms with van der Waals surface area (Å²) in [5.74, 6) is 1.90. The highest BCUT2D eigenvalue weighted by Crippen LogP contribution is 2.43. The van der Waals surface area contributed by atoms with Gasteiger partial charge in [-0.1, -0.05) is 39.0 Å². The van der Waals surface area contributed by atoms with Gasteiger partial charge in [0.1, 0.15) is 0 Å². The summed E-state index contributed by atoms with van der Waals surface area (Å²) in [6, 6.07) is 0.697. The fraction of sp³-hybridized carbons (Fsp3) is 1.00. The second kappa shape index (κ2) is 6.58. The summed E-state index contributed by atoms with van der Waals surface area (Å²) >= 11 is 0. The number of nitrogens with zero attached hydrogens (tertiary/aromatic N) is 1. The van der Waals surface area contributed by atoms with E-state index < -0.39 is 0 Å². The standard InChI is InChI=1S/C17H34N2/c1-5-14-8-10-15(11-9-14)16(18-2)17(19(3)4)12-6-7-13-17/h14-16,18H,5-13H2,1-4H3. The average Bonchev–Trinajstić information content (AvgIpc) is 2.91. The van der Waals surface area contributed by atoms with E-state index in [4.69, 9.17) is 0 Å². The highest BCUT2D eigenvalue weighted by atomic mass is 15.2. The van der Waals surface area contributed by atoms with Gasteiger partial charge in [-0.2, -0.15) is 0 Å². The molecule has 0 radical (unpaired) electrons. The van der Waals surface area contributed by atoms with Gasteiger partial charge in [-0.15, -0.1) is 0 Å². The van der Waals surface area contributed by atoms with Gasteiger partial charge in [-0.3, -0.25) is 0 Å². The number of hydrogen-bond acceptors (Lipinski definition) is 2. The van der Waals surface area contributed by atoms with Crippen molar-refractivity contribution < 1.29 is 0 Å². The molecule has 112 valence electrons. The van der Waals surface area contributed by atoms with E-state index in [1.807, 2.05) is 0 Å². The van der Waals surface area contributed by atoms with E-state index in [2.05, 4.69) is 38.3 Å². The Balaban J connectivity index is 2.06. The molecule has 0 aromatic rings. The van der Waals surface area contributed by atoms with Crippen molar-refractivity contribution in [3.63, 3.8) is 0 Å². The predicted octanol–water partition coefficient (Wildman–Crippen LogP) is 3.67. The van der Waals surface area contributed by atoms with E-state index >= 15 is 0 Å². The first-order chi connectivity index (χ1) is 9.14. The Morgan fingerprint density at radius 3 is 2.11 bits per heavy atom. The van der Waals surface area contributed by atoms with Crippen LogP contribution in [0.15, 0.2) is 0 Å². The number of rotatable bonds is 5. The van der Waals surface area contributed by atoms with E-state index in [0.717, 1.165) is 11.8 Å². The van der Waals surface area contributed by atoms with Gasteiger partial charge in [0.05, 0.1) is 0 Å². The van der Waals surface area contributed by atoms with Gasteiger partial charge in [-0.25, -0.2) is 0 Å². The van der Waals surface area contributed by atoms with Crippen molar-refractivity contribution in [2.75, 3.05) is 21.1 Å². The van der Waals surface area contributed by atoms with Crippen LogP contribution in [0.1, 0.15) is 64.7 Å². The zero-order chi connectivity index (χ0) is 13.9. The van der Waals surface area contributed by atoms with Crippen LogP contribution in [0, 0.1) is 11.8 Å². The Morgan fingerprint density at radius 2 is 1.68 bits per heavy atom. The molecule has 0 aliphatic heterocycles. The molecule has 1 N–H and O–H groups in total. The number of nitrogens with one attached hydrogen (secondary N) is 1. The smallest absolute Gasteiger partial charge is 0.0359 e. The minimum absolute atomic E-state index is 0.429. The molecule has 2 aliphatic rings. The third kappa shape index (κ3) is 3.00. The molecular formula is C17H34N2. The normalized spacial score (nSPS) is 32.7. The molecular weight excluding hydrogens is 232 g/mol. The van der Waals surface area contributed by atoms with Crippen molar-refractivity contribution in [2.24, 2.45) is 11.8 Å². The first kappa shape index (κ1) is 15.3. The van der Waals surface area contributed by atoms with Gasteiger partial charge in [0.15, 0.2) is 0 Å². The maximum absolute atomic E-state index is 3.73. The lowest BCUT2D eigenvalue weighted by Gasteiger charge is -2.48. The molecule has 2 nitrogen and oxygen atoms in total. The average molecular weight is 266 g/mol. The third-order valence-electron chi connectivity index (χ3n) is 6.19. The number of hydrogen-bond donors (Lipinski definition) is 1. The molecule has 1 unspecified atom stereocenters. The third-order valence-corrected chi connectivity index (χ3v) is 6.19. The zero-order valence-electron chi connectivity index (χ0n) is 13.5. The van der Waals surface area contributed by atoms with Crippen molar-refractivity contribution >= 4 is 0 Å². The van der Waals surface area contributed by atoms with Gasteiger partial charge >= 0.3 is 0 Å². The van der Waals surface area contributed by atoms with Crippen LogP contribution in [0.2, 0.25) is 0 Å². The summed E-state index contributed by atoms with van der Waals surface area (Å²) in [6.45, 7) is 2.36. The molecule has 19 heavy (non-hydrogen) atoms. The maximum Gasteiger partial charge on any atom is 0.0359 e. The van der Waals surface area contributed by atoms with Crippen molar-refractivity contribution in [1.82, 2.24) is 10.2 Å². The molecule has 0 amide bonds. The molecule has 2 heteroatoms. The van der Waals surface area contributed by atoms with Gasteiger partial charge in [-0.05, 0) is 58.7 Å². The fourth-order valence-corrected chi connectivity index (χ4v) is 4.90. The van der Waals surface area contributed by atoms with E-state index in [-0.39, 0.29) is 0 Å². The Hall–Kier alpha value is -0.0800. The molecule has 2 aliphatic carbocycles. The molecule has 2 saturated carbocycles. The van der Waals surface area contributed by atoms with Crippen LogP contribution in [-0.4, -0.2) is 37.6 Å². The van der Waals surface area contributed by atoms with Gasteiger partial charge < -0.3 is 10.2 Å². The molecule has 0 heterocycles. The summed E-state index contributed by atoms with van der Waals surface area (Å²) in [6.07, 6.45) is 12.8. The second-order valence-corrected chi connectivity index (χ2v) is 7.16. The SMILES string of the molecule is CCC1CCC(C(NC)C2(N(C)C)CCCC2)CC1. The predicted molar refractivity (Wildman–Crippen MR) is 83.5 cm³/mol. The minimum atomic E-state index is 0.429. The van der Waals surface area contributed by atoms with Crippen LogP contribution in [0.5, 0.6) is 0 Å². The first-order valence-corrected chi connectivity index (χ1v) is 8.48. The van der Waals surface area contributed by atoms with E-state index in [0.29, 0.717) is 11.6 Å². The quantitative estimate of drug-likeness (QED) is 0.817. The van der Waals surface area contributed by atoms with Crippen molar-refractivity contribution in [3.05, 3.63) is 0 Å². The Labute approximate surface area is 120 Å². The zero-order valence-corrected chi connectivity index (χ0v) is 13.5. The Morgan fingerprint density at radius 1 is 1.11 bits per heavy atom. The summed E-state index contributed by atoms with van der Waals surface area (Å²) in [5.41, 5.74) is 0.429. The van der Waals surface area contributed by atoms with Crippen LogP contribution in [0.4, 0.5) is 0 Å².